The lowest BCUT2D eigenvalue weighted by molar-refractivity contribution is -0.151. The zero-order valence-corrected chi connectivity index (χ0v) is 10.3. The van der Waals surface area contributed by atoms with Gasteiger partial charge in [-0.25, -0.2) is 4.79 Å². The van der Waals surface area contributed by atoms with Gasteiger partial charge in [0, 0.05) is 12.2 Å². The number of imide groups is 1. The van der Waals surface area contributed by atoms with E-state index in [1.54, 1.807) is 0 Å². The molecule has 8 heteroatoms. The smallest absolute Gasteiger partial charge is 0.327 e. The van der Waals surface area contributed by atoms with Crippen molar-refractivity contribution >= 4 is 36.0 Å². The molecule has 18 heavy (non-hydrogen) atoms. The minimum absolute atomic E-state index is 0.147. The van der Waals surface area contributed by atoms with Crippen molar-refractivity contribution in [1.82, 2.24) is 9.80 Å². The second-order valence-electron chi connectivity index (χ2n) is 4.12. The molecule has 0 aromatic rings. The van der Waals surface area contributed by atoms with E-state index in [1.807, 2.05) is 0 Å². The molecule has 2 unspecified atom stereocenters. The zero-order chi connectivity index (χ0) is 13.3. The van der Waals surface area contributed by atoms with E-state index in [1.165, 1.54) is 16.7 Å². The van der Waals surface area contributed by atoms with Crippen LogP contribution < -0.4 is 0 Å². The Balaban J connectivity index is 2.14. The van der Waals surface area contributed by atoms with Crippen molar-refractivity contribution in [2.45, 2.75) is 24.9 Å². The summed E-state index contributed by atoms with van der Waals surface area (Å²) in [4.78, 5) is 47.4. The average Bonchev–Trinajstić information content (AvgIpc) is 2.93. The molecule has 3 amide bonds. The maximum Gasteiger partial charge on any atom is 0.327 e. The first-order valence-electron chi connectivity index (χ1n) is 5.43. The number of likely N-dealkylation sites (tertiary alicyclic amines) is 1. The lowest BCUT2D eigenvalue weighted by Crippen LogP contribution is -2.50. The number of aliphatic carboxylic acids is 1. The van der Waals surface area contributed by atoms with E-state index in [4.69, 9.17) is 5.11 Å². The highest BCUT2D eigenvalue weighted by molar-refractivity contribution is 7.99. The quantitative estimate of drug-likeness (QED) is 0.670. The summed E-state index contributed by atoms with van der Waals surface area (Å²) in [6.07, 6.45) is 0.759. The minimum Gasteiger partial charge on any atom is -0.480 e. The molecular formula is C10H12N2O5S. The van der Waals surface area contributed by atoms with Crippen molar-refractivity contribution in [2.75, 3.05) is 11.6 Å². The van der Waals surface area contributed by atoms with Crippen molar-refractivity contribution in [3.8, 4) is 0 Å². The first-order chi connectivity index (χ1) is 8.56. The third-order valence-corrected chi connectivity index (χ3v) is 4.12. The second kappa shape index (κ2) is 4.97. The van der Waals surface area contributed by atoms with Gasteiger partial charge in [0.15, 0.2) is 0 Å². The predicted molar refractivity (Wildman–Crippen MR) is 61.5 cm³/mol. The average molecular weight is 272 g/mol. The summed E-state index contributed by atoms with van der Waals surface area (Å²) >= 11 is 1.35. The fourth-order valence-corrected chi connectivity index (χ4v) is 3.29. The molecule has 0 saturated carbocycles. The van der Waals surface area contributed by atoms with Crippen LogP contribution in [0.1, 0.15) is 12.8 Å². The minimum atomic E-state index is -1.06. The standard InChI is InChI=1S/C10H12N2O5S/c13-4-11-6(1-2-8(11)14)9(15)12-5-18-3-7(12)10(16)17/h4,6-7H,1-3,5H2,(H,16,17). The lowest BCUT2D eigenvalue weighted by Gasteiger charge is -2.26. The highest BCUT2D eigenvalue weighted by Gasteiger charge is 2.43. The fraction of sp³-hybridized carbons (Fsp3) is 0.600. The van der Waals surface area contributed by atoms with Crippen LogP contribution in [0.2, 0.25) is 0 Å². The highest BCUT2D eigenvalue weighted by Crippen LogP contribution is 2.26. The van der Waals surface area contributed by atoms with Crippen molar-refractivity contribution in [1.29, 1.82) is 0 Å². The van der Waals surface area contributed by atoms with Gasteiger partial charge in [-0.15, -0.1) is 11.8 Å². The number of carboxylic acid groups (broad SMARTS) is 1. The van der Waals surface area contributed by atoms with Crippen LogP contribution in [0.4, 0.5) is 0 Å². The molecule has 0 bridgehead atoms. The molecule has 98 valence electrons. The van der Waals surface area contributed by atoms with Gasteiger partial charge in [-0.3, -0.25) is 19.3 Å². The van der Waals surface area contributed by atoms with Gasteiger partial charge in [-0.2, -0.15) is 0 Å². The summed E-state index contributed by atoms with van der Waals surface area (Å²) < 4.78 is 0. The van der Waals surface area contributed by atoms with Gasteiger partial charge in [0.25, 0.3) is 0 Å². The van der Waals surface area contributed by atoms with E-state index in [9.17, 15) is 19.2 Å². The number of hydrogen-bond acceptors (Lipinski definition) is 5. The SMILES string of the molecule is O=CN1C(=O)CCC1C(=O)N1CSCC1C(=O)O. The van der Waals surface area contributed by atoms with Crippen LogP contribution in [-0.2, 0) is 19.2 Å². The van der Waals surface area contributed by atoms with Crippen LogP contribution in [0.3, 0.4) is 0 Å². The molecule has 2 aliphatic heterocycles. The Morgan fingerprint density at radius 3 is 2.72 bits per heavy atom. The van der Waals surface area contributed by atoms with E-state index in [-0.39, 0.29) is 24.6 Å². The second-order valence-corrected chi connectivity index (χ2v) is 5.12. The molecule has 0 aromatic carbocycles. The summed E-state index contributed by atoms with van der Waals surface area (Å²) in [6, 6.07) is -1.71. The Labute approximate surface area is 107 Å². The zero-order valence-electron chi connectivity index (χ0n) is 9.44. The lowest BCUT2D eigenvalue weighted by atomic mass is 10.1. The maximum atomic E-state index is 12.2. The number of carboxylic acids is 1. The molecular weight excluding hydrogens is 260 g/mol. The van der Waals surface area contributed by atoms with Crippen LogP contribution in [0.15, 0.2) is 0 Å². The largest absolute Gasteiger partial charge is 0.480 e. The van der Waals surface area contributed by atoms with Gasteiger partial charge in [-0.05, 0) is 6.42 Å². The first-order valence-corrected chi connectivity index (χ1v) is 6.59. The van der Waals surface area contributed by atoms with Gasteiger partial charge in [-0.1, -0.05) is 0 Å². The number of amides is 3. The molecule has 2 aliphatic rings. The van der Waals surface area contributed by atoms with Crippen molar-refractivity contribution in [2.24, 2.45) is 0 Å². The first kappa shape index (κ1) is 12.9. The number of hydrogen-bond donors (Lipinski definition) is 1. The van der Waals surface area contributed by atoms with Gasteiger partial charge in [0.2, 0.25) is 18.2 Å². The van der Waals surface area contributed by atoms with Gasteiger partial charge in [0.1, 0.15) is 12.1 Å². The van der Waals surface area contributed by atoms with E-state index < -0.39 is 24.0 Å². The molecule has 0 spiro atoms. The van der Waals surface area contributed by atoms with E-state index >= 15 is 0 Å². The third-order valence-electron chi connectivity index (χ3n) is 3.10. The van der Waals surface area contributed by atoms with Crippen molar-refractivity contribution < 1.29 is 24.3 Å². The fourth-order valence-electron chi connectivity index (χ4n) is 2.13. The molecule has 2 heterocycles. The Hall–Kier alpha value is -1.57. The third kappa shape index (κ3) is 2.07. The molecule has 2 fully saturated rings. The summed E-state index contributed by atoms with van der Waals surface area (Å²) in [7, 11) is 0. The summed E-state index contributed by atoms with van der Waals surface area (Å²) in [5.41, 5.74) is 0. The van der Waals surface area contributed by atoms with Gasteiger partial charge >= 0.3 is 5.97 Å². The van der Waals surface area contributed by atoms with Crippen molar-refractivity contribution in [3.05, 3.63) is 0 Å². The number of carbonyl (C=O) groups is 4. The normalized spacial score (nSPS) is 27.7. The summed E-state index contributed by atoms with van der Waals surface area (Å²) in [5, 5.41) is 8.99. The molecule has 0 aliphatic carbocycles. The summed E-state index contributed by atoms with van der Waals surface area (Å²) in [6.45, 7) is 0. The molecule has 2 saturated heterocycles. The van der Waals surface area contributed by atoms with Crippen LogP contribution in [0.5, 0.6) is 0 Å². The number of thioether (sulfide) groups is 1. The molecule has 2 rings (SSSR count). The number of nitrogens with zero attached hydrogens (tertiary/aromatic N) is 2. The van der Waals surface area contributed by atoms with E-state index in [0.29, 0.717) is 12.2 Å². The molecule has 0 radical (unpaired) electrons. The van der Waals surface area contributed by atoms with E-state index in [0.717, 1.165) is 4.90 Å². The maximum absolute atomic E-state index is 12.2. The molecule has 2 atom stereocenters. The van der Waals surface area contributed by atoms with Crippen LogP contribution in [0.25, 0.3) is 0 Å². The molecule has 0 aromatic heterocycles. The topological polar surface area (TPSA) is 95.0 Å². The van der Waals surface area contributed by atoms with Crippen LogP contribution >= 0.6 is 11.8 Å². The Morgan fingerprint density at radius 1 is 1.39 bits per heavy atom. The van der Waals surface area contributed by atoms with Crippen molar-refractivity contribution in [3.63, 3.8) is 0 Å². The Bertz CT molecular complexity index is 413. The summed E-state index contributed by atoms with van der Waals surface area (Å²) in [5.74, 6) is -1.28. The number of rotatable bonds is 3. The predicted octanol–water partition coefficient (Wildman–Crippen LogP) is -0.880. The van der Waals surface area contributed by atoms with Gasteiger partial charge < -0.3 is 10.0 Å². The Kier molecular flexibility index (Phi) is 3.55. The number of carbonyl (C=O) groups excluding carboxylic acids is 3. The Morgan fingerprint density at radius 2 is 2.11 bits per heavy atom. The van der Waals surface area contributed by atoms with Crippen LogP contribution in [0, 0.1) is 0 Å². The van der Waals surface area contributed by atoms with E-state index in [2.05, 4.69) is 0 Å². The van der Waals surface area contributed by atoms with Gasteiger partial charge in [0.05, 0.1) is 5.88 Å². The molecule has 1 N–H and O–H groups in total. The highest BCUT2D eigenvalue weighted by atomic mass is 32.2. The monoisotopic (exact) mass is 272 g/mol. The molecule has 7 nitrogen and oxygen atoms in total. The van der Waals surface area contributed by atoms with Crippen LogP contribution in [-0.4, -0.2) is 62.8 Å².